The Morgan fingerprint density at radius 2 is 1.64 bits per heavy atom. The molecule has 6 nitrogen and oxygen atoms in total. The maximum absolute atomic E-state index is 12.7. The Kier molecular flexibility index (Phi) is 9.24. The van der Waals surface area contributed by atoms with Gasteiger partial charge in [-0.1, -0.05) is 32.4 Å². The number of aryl methyl sites for hydroxylation is 1. The van der Waals surface area contributed by atoms with Gasteiger partial charge in [0.25, 0.3) is 5.91 Å². The second-order valence-corrected chi connectivity index (χ2v) is 7.54. The van der Waals surface area contributed by atoms with E-state index in [-0.39, 0.29) is 24.2 Å². The highest BCUT2D eigenvalue weighted by molar-refractivity contribution is 5.86. The highest BCUT2D eigenvalue weighted by Gasteiger charge is 2.35. The van der Waals surface area contributed by atoms with Gasteiger partial charge in [-0.3, -0.25) is 9.59 Å². The van der Waals surface area contributed by atoms with Crippen molar-refractivity contribution in [3.63, 3.8) is 0 Å². The van der Waals surface area contributed by atoms with Gasteiger partial charge in [-0.2, -0.15) is 0 Å². The summed E-state index contributed by atoms with van der Waals surface area (Å²) in [4.78, 5) is 28.8. The zero-order valence-electron chi connectivity index (χ0n) is 17.4. The van der Waals surface area contributed by atoms with Crippen LogP contribution in [-0.4, -0.2) is 59.4 Å². The molecule has 0 aliphatic carbocycles. The first-order chi connectivity index (χ1) is 12.8. The van der Waals surface area contributed by atoms with Gasteiger partial charge in [0.1, 0.15) is 5.75 Å². The van der Waals surface area contributed by atoms with Crippen molar-refractivity contribution < 1.29 is 14.3 Å². The van der Waals surface area contributed by atoms with E-state index in [9.17, 15) is 9.59 Å². The Hall–Kier alpha value is -1.79. The first kappa shape index (κ1) is 24.2. The summed E-state index contributed by atoms with van der Waals surface area (Å²) in [6, 6.07) is 7.82. The monoisotopic (exact) mass is 411 g/mol. The first-order valence-corrected chi connectivity index (χ1v) is 9.91. The SMILES string of the molecule is CCCC(C)(N)C(=O)N1CCN(C(=O)C(C)Oc2ccc(CC)cc2)CC1.Cl. The summed E-state index contributed by atoms with van der Waals surface area (Å²) in [5.41, 5.74) is 6.56. The van der Waals surface area contributed by atoms with E-state index in [0.717, 1.165) is 12.8 Å². The van der Waals surface area contributed by atoms with E-state index >= 15 is 0 Å². The van der Waals surface area contributed by atoms with Crippen LogP contribution in [-0.2, 0) is 16.0 Å². The number of piperazine rings is 1. The number of carbonyl (C=O) groups excluding carboxylic acids is 2. The van der Waals surface area contributed by atoms with E-state index in [1.807, 2.05) is 31.2 Å². The summed E-state index contributed by atoms with van der Waals surface area (Å²) in [5.74, 6) is 0.614. The predicted octanol–water partition coefficient (Wildman–Crippen LogP) is 2.63. The van der Waals surface area contributed by atoms with E-state index in [2.05, 4.69) is 6.92 Å². The van der Waals surface area contributed by atoms with E-state index < -0.39 is 11.6 Å². The van der Waals surface area contributed by atoms with Crippen LogP contribution in [0.25, 0.3) is 0 Å². The Balaban J connectivity index is 0.00000392. The Bertz CT molecular complexity index is 641. The molecular weight excluding hydrogens is 378 g/mol. The number of nitrogens with zero attached hydrogens (tertiary/aromatic N) is 2. The van der Waals surface area contributed by atoms with Gasteiger partial charge < -0.3 is 20.3 Å². The van der Waals surface area contributed by atoms with Gasteiger partial charge in [0.15, 0.2) is 6.10 Å². The summed E-state index contributed by atoms with van der Waals surface area (Å²) in [7, 11) is 0. The molecule has 0 saturated carbocycles. The minimum absolute atomic E-state index is 0. The van der Waals surface area contributed by atoms with E-state index in [1.165, 1.54) is 5.56 Å². The Labute approximate surface area is 174 Å². The molecule has 1 aliphatic heterocycles. The number of hydrogen-bond donors (Lipinski definition) is 1. The van der Waals surface area contributed by atoms with Crippen molar-refractivity contribution in [1.82, 2.24) is 9.80 Å². The number of benzene rings is 1. The number of nitrogens with two attached hydrogens (primary N) is 1. The van der Waals surface area contributed by atoms with Crippen molar-refractivity contribution >= 4 is 24.2 Å². The number of carbonyl (C=O) groups is 2. The normalized spacial score (nSPS) is 17.3. The third kappa shape index (κ3) is 6.11. The molecule has 2 unspecified atom stereocenters. The molecule has 158 valence electrons. The zero-order chi connectivity index (χ0) is 20.0. The molecule has 28 heavy (non-hydrogen) atoms. The summed E-state index contributed by atoms with van der Waals surface area (Å²) < 4.78 is 5.80. The topological polar surface area (TPSA) is 75.9 Å². The quantitative estimate of drug-likeness (QED) is 0.748. The molecule has 1 aromatic rings. The van der Waals surface area contributed by atoms with Crippen molar-refractivity contribution in [1.29, 1.82) is 0 Å². The lowest BCUT2D eigenvalue weighted by atomic mass is 9.95. The van der Waals surface area contributed by atoms with Gasteiger partial charge in [-0.15, -0.1) is 12.4 Å². The number of hydrogen-bond acceptors (Lipinski definition) is 4. The first-order valence-electron chi connectivity index (χ1n) is 9.91. The van der Waals surface area contributed by atoms with Gasteiger partial charge in [0.2, 0.25) is 5.91 Å². The molecule has 0 aromatic heterocycles. The molecule has 2 N–H and O–H groups in total. The van der Waals surface area contributed by atoms with Gasteiger partial charge >= 0.3 is 0 Å². The van der Waals surface area contributed by atoms with Gasteiger partial charge in [-0.25, -0.2) is 0 Å². The number of ether oxygens (including phenoxy) is 1. The molecule has 7 heteroatoms. The standard InChI is InChI=1S/C21H33N3O3.ClH/c1-5-11-21(4,22)20(26)24-14-12-23(13-15-24)19(25)16(3)27-18-9-7-17(6-2)8-10-18;/h7-10,16H,5-6,11-15,22H2,1-4H3;1H. The summed E-state index contributed by atoms with van der Waals surface area (Å²) in [5, 5.41) is 0. The number of amides is 2. The van der Waals surface area contributed by atoms with Crippen LogP contribution in [0.5, 0.6) is 5.75 Å². The Morgan fingerprint density at radius 1 is 1.11 bits per heavy atom. The van der Waals surface area contributed by atoms with E-state index in [4.69, 9.17) is 10.5 Å². The Morgan fingerprint density at radius 3 is 2.14 bits per heavy atom. The molecule has 1 aromatic carbocycles. The molecule has 1 heterocycles. The van der Waals surface area contributed by atoms with Crippen LogP contribution in [0.3, 0.4) is 0 Å². The summed E-state index contributed by atoms with van der Waals surface area (Å²) in [6.07, 6.45) is 1.94. The molecule has 1 saturated heterocycles. The van der Waals surface area contributed by atoms with Crippen LogP contribution in [0.4, 0.5) is 0 Å². The average molecular weight is 412 g/mol. The smallest absolute Gasteiger partial charge is 0.263 e. The van der Waals surface area contributed by atoms with E-state index in [0.29, 0.717) is 38.3 Å². The molecule has 0 bridgehead atoms. The summed E-state index contributed by atoms with van der Waals surface area (Å²) >= 11 is 0. The molecule has 1 aliphatic rings. The average Bonchev–Trinajstić information content (AvgIpc) is 2.67. The lowest BCUT2D eigenvalue weighted by molar-refractivity contribution is -0.145. The molecule has 2 atom stereocenters. The van der Waals surface area contributed by atoms with Crippen LogP contribution >= 0.6 is 12.4 Å². The lowest BCUT2D eigenvalue weighted by Crippen LogP contribution is -2.59. The van der Waals surface area contributed by atoms with E-state index in [1.54, 1.807) is 23.6 Å². The van der Waals surface area contributed by atoms with Crippen LogP contribution in [0.15, 0.2) is 24.3 Å². The maximum atomic E-state index is 12.7. The minimum Gasteiger partial charge on any atom is -0.481 e. The predicted molar refractivity (Wildman–Crippen MR) is 114 cm³/mol. The van der Waals surface area contributed by atoms with Crippen molar-refractivity contribution in [3.05, 3.63) is 29.8 Å². The lowest BCUT2D eigenvalue weighted by Gasteiger charge is -2.39. The fourth-order valence-corrected chi connectivity index (χ4v) is 3.43. The van der Waals surface area contributed by atoms with Crippen molar-refractivity contribution in [2.24, 2.45) is 5.73 Å². The fraction of sp³-hybridized carbons (Fsp3) is 0.619. The molecule has 0 radical (unpaired) electrons. The maximum Gasteiger partial charge on any atom is 0.263 e. The zero-order valence-corrected chi connectivity index (χ0v) is 18.3. The van der Waals surface area contributed by atoms with Gasteiger partial charge in [-0.05, 0) is 44.4 Å². The highest BCUT2D eigenvalue weighted by atomic mass is 35.5. The fourth-order valence-electron chi connectivity index (χ4n) is 3.43. The van der Waals surface area contributed by atoms with Crippen molar-refractivity contribution in [2.45, 2.75) is 58.6 Å². The third-order valence-electron chi connectivity index (χ3n) is 5.13. The van der Waals surface area contributed by atoms with Crippen LogP contribution < -0.4 is 10.5 Å². The minimum atomic E-state index is -0.831. The number of halogens is 1. The highest BCUT2D eigenvalue weighted by Crippen LogP contribution is 2.17. The molecule has 2 rings (SSSR count). The molecule has 1 fully saturated rings. The molecular formula is C21H34ClN3O3. The van der Waals surface area contributed by atoms with Crippen molar-refractivity contribution in [2.75, 3.05) is 26.2 Å². The third-order valence-corrected chi connectivity index (χ3v) is 5.13. The molecule has 2 amide bonds. The second kappa shape index (κ2) is 10.7. The van der Waals surface area contributed by atoms with Crippen LogP contribution in [0.1, 0.15) is 46.1 Å². The van der Waals surface area contributed by atoms with Crippen molar-refractivity contribution in [3.8, 4) is 5.75 Å². The summed E-state index contributed by atoms with van der Waals surface area (Å²) in [6.45, 7) is 9.72. The van der Waals surface area contributed by atoms with Crippen LogP contribution in [0.2, 0.25) is 0 Å². The molecule has 0 spiro atoms. The van der Waals surface area contributed by atoms with Gasteiger partial charge in [0.05, 0.1) is 5.54 Å². The number of rotatable bonds is 7. The largest absolute Gasteiger partial charge is 0.481 e. The second-order valence-electron chi connectivity index (χ2n) is 7.54. The van der Waals surface area contributed by atoms with Gasteiger partial charge in [0, 0.05) is 26.2 Å². The van der Waals surface area contributed by atoms with Crippen LogP contribution in [0, 0.1) is 0 Å².